The van der Waals surface area contributed by atoms with Crippen molar-refractivity contribution in [3.8, 4) is 0 Å². The van der Waals surface area contributed by atoms with Crippen LogP contribution in [0.5, 0.6) is 0 Å². The van der Waals surface area contributed by atoms with Gasteiger partial charge < -0.3 is 14.6 Å². The number of aromatic amines is 1. The first-order valence-corrected chi connectivity index (χ1v) is 6.38. The molecule has 16 heavy (non-hydrogen) atoms. The third-order valence-electron chi connectivity index (χ3n) is 2.86. The molecular formula is C11H12IN3O. The minimum Gasteiger partial charge on any atom is -0.378 e. The minimum atomic E-state index is 0.810. The summed E-state index contributed by atoms with van der Waals surface area (Å²) >= 11 is 2.35. The Kier molecular flexibility index (Phi) is 2.72. The predicted octanol–water partition coefficient (Wildman–Crippen LogP) is 2.00. The second kappa shape index (κ2) is 4.21. The Morgan fingerprint density at radius 3 is 3.00 bits per heavy atom. The molecule has 0 radical (unpaired) electrons. The lowest BCUT2D eigenvalue weighted by atomic mass is 10.2. The number of hydrogen-bond donors (Lipinski definition) is 1. The third-order valence-corrected chi connectivity index (χ3v) is 3.71. The number of morpholine rings is 1. The zero-order chi connectivity index (χ0) is 11.0. The van der Waals surface area contributed by atoms with Gasteiger partial charge in [0.25, 0.3) is 0 Å². The monoisotopic (exact) mass is 329 g/mol. The highest BCUT2D eigenvalue weighted by molar-refractivity contribution is 14.1. The molecule has 0 atom stereocenters. The Hall–Kier alpha value is -0.820. The number of anilines is 1. The van der Waals surface area contributed by atoms with Crippen molar-refractivity contribution in [1.82, 2.24) is 9.97 Å². The molecule has 0 spiro atoms. The van der Waals surface area contributed by atoms with E-state index >= 15 is 0 Å². The number of fused-ring (bicyclic) bond motifs is 1. The van der Waals surface area contributed by atoms with Crippen LogP contribution in [0.1, 0.15) is 0 Å². The molecule has 5 heteroatoms. The molecule has 4 nitrogen and oxygen atoms in total. The molecule has 0 saturated carbocycles. The third kappa shape index (κ3) is 1.67. The summed E-state index contributed by atoms with van der Waals surface area (Å²) in [5, 5.41) is 1.23. The Bertz CT molecular complexity index is 505. The van der Waals surface area contributed by atoms with E-state index in [2.05, 4.69) is 43.5 Å². The number of rotatable bonds is 1. The first-order chi connectivity index (χ1) is 7.86. The van der Waals surface area contributed by atoms with Crippen LogP contribution in [0, 0.1) is 3.57 Å². The Morgan fingerprint density at radius 2 is 2.19 bits per heavy atom. The van der Waals surface area contributed by atoms with E-state index < -0.39 is 0 Å². The Labute approximate surface area is 107 Å². The van der Waals surface area contributed by atoms with Crippen LogP contribution in [0.3, 0.4) is 0 Å². The molecule has 3 heterocycles. The number of H-pyrrole nitrogens is 1. The Balaban J connectivity index is 2.10. The molecule has 0 aromatic carbocycles. The second-order valence-corrected chi connectivity index (χ2v) is 4.95. The number of ether oxygens (including phenoxy) is 1. The highest BCUT2D eigenvalue weighted by atomic mass is 127. The largest absolute Gasteiger partial charge is 0.378 e. The van der Waals surface area contributed by atoms with Crippen molar-refractivity contribution >= 4 is 39.3 Å². The fraction of sp³-hybridized carbons (Fsp3) is 0.364. The van der Waals surface area contributed by atoms with Gasteiger partial charge in [0.05, 0.1) is 24.3 Å². The first kappa shape index (κ1) is 10.3. The maximum absolute atomic E-state index is 5.38. The molecule has 1 N–H and O–H groups in total. The molecule has 3 rings (SSSR count). The van der Waals surface area contributed by atoms with Gasteiger partial charge in [-0.3, -0.25) is 0 Å². The molecule has 84 valence electrons. The average molecular weight is 329 g/mol. The van der Waals surface area contributed by atoms with Gasteiger partial charge in [-0.25, -0.2) is 4.98 Å². The summed E-state index contributed by atoms with van der Waals surface area (Å²) in [5.74, 6) is 0. The summed E-state index contributed by atoms with van der Waals surface area (Å²) < 4.78 is 6.60. The molecule has 0 amide bonds. The lowest BCUT2D eigenvalue weighted by Gasteiger charge is -2.29. The van der Waals surface area contributed by atoms with E-state index in [1.165, 1.54) is 14.6 Å². The molecule has 0 bridgehead atoms. The minimum absolute atomic E-state index is 0.810. The predicted molar refractivity (Wildman–Crippen MR) is 71.8 cm³/mol. The lowest BCUT2D eigenvalue weighted by molar-refractivity contribution is 0.123. The standard InChI is InChI=1S/C11H12IN3O/c12-8-7-14-11-10(8)9(1-2-13-11)15-3-5-16-6-4-15/h1-2,7H,3-6H2,(H,13,14). The van der Waals surface area contributed by atoms with Crippen LogP contribution in [-0.4, -0.2) is 36.3 Å². The molecule has 1 aliphatic rings. The molecule has 0 aliphatic carbocycles. The Morgan fingerprint density at radius 1 is 1.38 bits per heavy atom. The van der Waals surface area contributed by atoms with Gasteiger partial charge in [-0.05, 0) is 28.7 Å². The smallest absolute Gasteiger partial charge is 0.140 e. The summed E-state index contributed by atoms with van der Waals surface area (Å²) in [4.78, 5) is 9.89. The van der Waals surface area contributed by atoms with E-state index in [1.807, 2.05) is 12.4 Å². The van der Waals surface area contributed by atoms with Gasteiger partial charge in [-0.15, -0.1) is 0 Å². The van der Waals surface area contributed by atoms with E-state index in [1.54, 1.807) is 0 Å². The summed E-state index contributed by atoms with van der Waals surface area (Å²) in [5.41, 5.74) is 2.23. The van der Waals surface area contributed by atoms with Gasteiger partial charge >= 0.3 is 0 Å². The fourth-order valence-electron chi connectivity index (χ4n) is 2.07. The molecule has 1 fully saturated rings. The average Bonchev–Trinajstić information content (AvgIpc) is 2.73. The van der Waals surface area contributed by atoms with E-state index in [-0.39, 0.29) is 0 Å². The van der Waals surface area contributed by atoms with Crippen LogP contribution in [0.2, 0.25) is 0 Å². The van der Waals surface area contributed by atoms with E-state index in [9.17, 15) is 0 Å². The molecule has 2 aromatic heterocycles. The van der Waals surface area contributed by atoms with Crippen molar-refractivity contribution in [2.45, 2.75) is 0 Å². The summed E-state index contributed by atoms with van der Waals surface area (Å²) in [6.45, 7) is 3.54. The highest BCUT2D eigenvalue weighted by Crippen LogP contribution is 2.29. The molecular weight excluding hydrogens is 317 g/mol. The maximum atomic E-state index is 5.38. The zero-order valence-corrected chi connectivity index (χ0v) is 10.9. The number of nitrogens with zero attached hydrogens (tertiary/aromatic N) is 2. The maximum Gasteiger partial charge on any atom is 0.140 e. The number of aromatic nitrogens is 2. The van der Waals surface area contributed by atoms with Crippen molar-refractivity contribution in [2.24, 2.45) is 0 Å². The van der Waals surface area contributed by atoms with Crippen molar-refractivity contribution in [1.29, 1.82) is 0 Å². The van der Waals surface area contributed by atoms with Crippen LogP contribution >= 0.6 is 22.6 Å². The second-order valence-electron chi connectivity index (χ2n) is 3.79. The number of nitrogens with one attached hydrogen (secondary N) is 1. The summed E-state index contributed by atoms with van der Waals surface area (Å²) in [7, 11) is 0. The number of pyridine rings is 1. The van der Waals surface area contributed by atoms with Crippen LogP contribution < -0.4 is 4.90 Å². The van der Waals surface area contributed by atoms with Crippen LogP contribution in [0.25, 0.3) is 11.0 Å². The molecule has 1 saturated heterocycles. The zero-order valence-electron chi connectivity index (χ0n) is 8.74. The normalized spacial score (nSPS) is 16.9. The number of hydrogen-bond acceptors (Lipinski definition) is 3. The van der Waals surface area contributed by atoms with E-state index in [4.69, 9.17) is 4.74 Å². The topological polar surface area (TPSA) is 41.2 Å². The van der Waals surface area contributed by atoms with Gasteiger partial charge in [0.2, 0.25) is 0 Å². The van der Waals surface area contributed by atoms with Gasteiger partial charge in [0.1, 0.15) is 5.65 Å². The van der Waals surface area contributed by atoms with Crippen molar-refractivity contribution in [2.75, 3.05) is 31.2 Å². The summed E-state index contributed by atoms with van der Waals surface area (Å²) in [6.07, 6.45) is 3.86. The highest BCUT2D eigenvalue weighted by Gasteiger charge is 2.16. The summed E-state index contributed by atoms with van der Waals surface area (Å²) in [6, 6.07) is 2.09. The van der Waals surface area contributed by atoms with Gasteiger partial charge in [-0.2, -0.15) is 0 Å². The van der Waals surface area contributed by atoms with Crippen molar-refractivity contribution in [3.05, 3.63) is 22.0 Å². The van der Waals surface area contributed by atoms with Gasteiger partial charge in [0, 0.05) is 29.1 Å². The quantitative estimate of drug-likeness (QED) is 0.814. The first-order valence-electron chi connectivity index (χ1n) is 5.30. The van der Waals surface area contributed by atoms with E-state index in [0.29, 0.717) is 0 Å². The van der Waals surface area contributed by atoms with Gasteiger partial charge in [0.15, 0.2) is 0 Å². The molecule has 2 aromatic rings. The van der Waals surface area contributed by atoms with Crippen LogP contribution in [0.4, 0.5) is 5.69 Å². The van der Waals surface area contributed by atoms with Crippen LogP contribution in [0.15, 0.2) is 18.5 Å². The fourth-order valence-corrected chi connectivity index (χ4v) is 2.76. The molecule has 1 aliphatic heterocycles. The lowest BCUT2D eigenvalue weighted by Crippen LogP contribution is -2.36. The van der Waals surface area contributed by atoms with Crippen molar-refractivity contribution in [3.63, 3.8) is 0 Å². The molecule has 0 unspecified atom stereocenters. The number of halogens is 1. The van der Waals surface area contributed by atoms with Gasteiger partial charge in [-0.1, -0.05) is 0 Å². The van der Waals surface area contributed by atoms with Crippen molar-refractivity contribution < 1.29 is 4.74 Å². The van der Waals surface area contributed by atoms with E-state index in [0.717, 1.165) is 32.0 Å². The SMILES string of the molecule is Ic1c[nH]c2nccc(N3CCOCC3)c12. The van der Waals surface area contributed by atoms with Crippen LogP contribution in [-0.2, 0) is 4.74 Å².